The van der Waals surface area contributed by atoms with Crippen molar-refractivity contribution in [3.63, 3.8) is 0 Å². The molecule has 1 unspecified atom stereocenters. The predicted molar refractivity (Wildman–Crippen MR) is 75.0 cm³/mol. The Morgan fingerprint density at radius 2 is 2.21 bits per heavy atom. The maximum atomic E-state index is 5.54. The fraction of sp³-hybridized carbons (Fsp3) is 0.231. The Hall–Kier alpha value is -1.97. The van der Waals surface area contributed by atoms with Crippen molar-refractivity contribution in [2.24, 2.45) is 0 Å². The van der Waals surface area contributed by atoms with E-state index in [0.29, 0.717) is 0 Å². The van der Waals surface area contributed by atoms with E-state index in [-0.39, 0.29) is 6.04 Å². The third-order valence-electron chi connectivity index (χ3n) is 3.70. The lowest BCUT2D eigenvalue weighted by atomic mass is 9.54. The summed E-state index contributed by atoms with van der Waals surface area (Å²) < 4.78 is 4.25. The summed E-state index contributed by atoms with van der Waals surface area (Å²) in [6, 6.07) is 6.31. The average Bonchev–Trinajstić information content (AvgIpc) is 3.10. The Labute approximate surface area is 113 Å². The minimum absolute atomic E-state index is 0.274. The first kappa shape index (κ1) is 10.9. The second-order valence-corrected chi connectivity index (χ2v) is 4.84. The molecule has 0 saturated heterocycles. The van der Waals surface area contributed by atoms with Crippen LogP contribution in [0.5, 0.6) is 0 Å². The van der Waals surface area contributed by atoms with Crippen molar-refractivity contribution in [3.05, 3.63) is 48.3 Å². The molecule has 4 heterocycles. The Balaban J connectivity index is 1.79. The SMILES string of the molecule is [B][B]c1cn2c(n1)CCC2c1cn2ccccc2n1. The van der Waals surface area contributed by atoms with Gasteiger partial charge in [0.1, 0.15) is 18.6 Å². The summed E-state index contributed by atoms with van der Waals surface area (Å²) >= 11 is 0. The number of nitrogens with zero attached hydrogens (tertiary/aromatic N) is 4. The molecule has 6 heteroatoms. The first-order valence-corrected chi connectivity index (χ1v) is 6.41. The molecule has 4 nitrogen and oxygen atoms in total. The maximum absolute atomic E-state index is 5.54. The zero-order valence-corrected chi connectivity index (χ0v) is 10.4. The van der Waals surface area contributed by atoms with E-state index >= 15 is 0 Å². The van der Waals surface area contributed by atoms with Crippen LogP contribution in [-0.4, -0.2) is 33.8 Å². The average molecular weight is 245 g/mol. The number of imidazole rings is 2. The highest BCUT2D eigenvalue weighted by Crippen LogP contribution is 2.29. The van der Waals surface area contributed by atoms with Gasteiger partial charge in [0, 0.05) is 38.3 Å². The smallest absolute Gasteiger partial charge is 0.137 e. The van der Waals surface area contributed by atoms with E-state index in [1.165, 1.54) is 0 Å². The van der Waals surface area contributed by atoms with Gasteiger partial charge in [0.25, 0.3) is 0 Å². The second-order valence-electron chi connectivity index (χ2n) is 4.84. The standard InChI is InChI=1S/C13H11B2N4/c14-15-11-8-19-10(4-5-13(19)17-11)9-7-18-6-2-1-3-12(18)16-9/h1-3,6-8,10H,4-5H2. The molecular weight excluding hydrogens is 234 g/mol. The summed E-state index contributed by atoms with van der Waals surface area (Å²) in [7, 11) is 7.08. The van der Waals surface area contributed by atoms with Gasteiger partial charge in [-0.1, -0.05) is 6.07 Å². The molecule has 1 atom stereocenters. The van der Waals surface area contributed by atoms with Crippen LogP contribution in [0.3, 0.4) is 0 Å². The molecule has 0 amide bonds. The van der Waals surface area contributed by atoms with Crippen LogP contribution in [-0.2, 0) is 6.42 Å². The van der Waals surface area contributed by atoms with E-state index in [1.807, 2.05) is 30.6 Å². The minimum Gasteiger partial charge on any atom is -0.326 e. The summed E-state index contributed by atoms with van der Waals surface area (Å²) in [6.45, 7) is 0. The van der Waals surface area contributed by atoms with Crippen molar-refractivity contribution in [2.45, 2.75) is 18.9 Å². The number of fused-ring (bicyclic) bond motifs is 2. The molecule has 0 spiro atoms. The molecule has 0 aromatic carbocycles. The highest BCUT2D eigenvalue weighted by atomic mass is 15.1. The first-order valence-electron chi connectivity index (χ1n) is 6.41. The van der Waals surface area contributed by atoms with Crippen LogP contribution in [0.25, 0.3) is 5.65 Å². The van der Waals surface area contributed by atoms with Crippen molar-refractivity contribution in [1.29, 1.82) is 0 Å². The van der Waals surface area contributed by atoms with Crippen molar-refractivity contribution in [3.8, 4) is 0 Å². The van der Waals surface area contributed by atoms with Crippen LogP contribution in [0.2, 0.25) is 0 Å². The molecule has 0 aliphatic carbocycles. The van der Waals surface area contributed by atoms with Crippen molar-refractivity contribution in [2.75, 3.05) is 0 Å². The molecule has 0 fully saturated rings. The van der Waals surface area contributed by atoms with E-state index in [0.717, 1.165) is 35.6 Å². The summed E-state index contributed by atoms with van der Waals surface area (Å²) in [5, 5.41) is 0. The normalized spacial score (nSPS) is 17.8. The number of aryl methyl sites for hydroxylation is 1. The van der Waals surface area contributed by atoms with Crippen LogP contribution >= 0.6 is 0 Å². The van der Waals surface area contributed by atoms with Gasteiger partial charge in [0.2, 0.25) is 0 Å². The molecule has 3 aromatic heterocycles. The Bertz CT molecular complexity index is 713. The van der Waals surface area contributed by atoms with Gasteiger partial charge in [-0.05, 0) is 18.6 Å². The fourth-order valence-corrected chi connectivity index (χ4v) is 2.80. The number of hydrogen-bond donors (Lipinski definition) is 0. The topological polar surface area (TPSA) is 35.1 Å². The van der Waals surface area contributed by atoms with Crippen LogP contribution < -0.4 is 5.59 Å². The van der Waals surface area contributed by atoms with E-state index in [1.54, 1.807) is 7.17 Å². The minimum atomic E-state index is 0.274. The van der Waals surface area contributed by atoms with Gasteiger partial charge in [-0.15, -0.1) is 0 Å². The lowest BCUT2D eigenvalue weighted by Crippen LogP contribution is -2.16. The largest absolute Gasteiger partial charge is 0.326 e. The van der Waals surface area contributed by atoms with E-state index in [9.17, 15) is 0 Å². The third-order valence-corrected chi connectivity index (χ3v) is 3.70. The maximum Gasteiger partial charge on any atom is 0.137 e. The monoisotopic (exact) mass is 245 g/mol. The second kappa shape index (κ2) is 4.02. The number of pyridine rings is 1. The van der Waals surface area contributed by atoms with E-state index in [4.69, 9.17) is 12.7 Å². The molecule has 4 rings (SSSR count). The highest BCUT2D eigenvalue weighted by Gasteiger charge is 2.26. The molecule has 19 heavy (non-hydrogen) atoms. The van der Waals surface area contributed by atoms with Crippen molar-refractivity contribution >= 4 is 26.1 Å². The fourth-order valence-electron chi connectivity index (χ4n) is 2.80. The Morgan fingerprint density at radius 1 is 1.26 bits per heavy atom. The van der Waals surface area contributed by atoms with E-state index < -0.39 is 0 Å². The summed E-state index contributed by atoms with van der Waals surface area (Å²) in [6.07, 6.45) is 8.16. The number of rotatable bonds is 2. The summed E-state index contributed by atoms with van der Waals surface area (Å²) in [5.74, 6) is 1.10. The van der Waals surface area contributed by atoms with Crippen LogP contribution in [0, 0.1) is 0 Å². The van der Waals surface area contributed by atoms with Gasteiger partial charge in [-0.25, -0.2) is 9.97 Å². The van der Waals surface area contributed by atoms with Crippen LogP contribution in [0.1, 0.15) is 24.0 Å². The molecule has 89 valence electrons. The third kappa shape index (κ3) is 1.63. The quantitative estimate of drug-likeness (QED) is 0.615. The molecule has 0 bridgehead atoms. The summed E-state index contributed by atoms with van der Waals surface area (Å²) in [5.41, 5.74) is 2.91. The molecule has 0 N–H and O–H groups in total. The van der Waals surface area contributed by atoms with Crippen molar-refractivity contribution < 1.29 is 0 Å². The molecule has 3 aromatic rings. The van der Waals surface area contributed by atoms with Crippen molar-refractivity contribution in [1.82, 2.24) is 18.9 Å². The molecule has 1 aliphatic rings. The highest BCUT2D eigenvalue weighted by molar-refractivity contribution is 6.97. The predicted octanol–water partition coefficient (Wildman–Crippen LogP) is 0.479. The molecule has 1 aliphatic heterocycles. The number of aromatic nitrogens is 4. The Kier molecular flexibility index (Phi) is 2.31. The molecule has 3 radical (unpaired) electrons. The zero-order chi connectivity index (χ0) is 12.8. The summed E-state index contributed by atoms with van der Waals surface area (Å²) in [4.78, 5) is 9.19. The lowest BCUT2D eigenvalue weighted by Gasteiger charge is -2.09. The van der Waals surface area contributed by atoms with Gasteiger partial charge in [0.05, 0.1) is 11.7 Å². The molecular formula is C13H11B2N4. The first-order chi connectivity index (χ1) is 9.35. The lowest BCUT2D eigenvalue weighted by molar-refractivity contribution is 0.607. The number of hydrogen-bond acceptors (Lipinski definition) is 2. The van der Waals surface area contributed by atoms with Gasteiger partial charge in [-0.3, -0.25) is 0 Å². The van der Waals surface area contributed by atoms with Gasteiger partial charge in [0.15, 0.2) is 0 Å². The Morgan fingerprint density at radius 3 is 3.05 bits per heavy atom. The van der Waals surface area contributed by atoms with Crippen LogP contribution in [0.4, 0.5) is 0 Å². The van der Waals surface area contributed by atoms with Crippen LogP contribution in [0.15, 0.2) is 36.8 Å². The van der Waals surface area contributed by atoms with Gasteiger partial charge < -0.3 is 8.97 Å². The zero-order valence-electron chi connectivity index (χ0n) is 10.4. The van der Waals surface area contributed by atoms with Gasteiger partial charge in [-0.2, -0.15) is 0 Å². The molecule has 0 saturated carbocycles. The van der Waals surface area contributed by atoms with Gasteiger partial charge >= 0.3 is 0 Å². The van der Waals surface area contributed by atoms with E-state index in [2.05, 4.69) is 20.1 Å².